The highest BCUT2D eigenvalue weighted by Gasteiger charge is 2.54. The van der Waals surface area contributed by atoms with Crippen molar-refractivity contribution in [3.05, 3.63) is 42.0 Å². The minimum Gasteiger partial charge on any atom is -0.365 e. The second kappa shape index (κ2) is 3.62. The van der Waals surface area contributed by atoms with E-state index in [9.17, 15) is 4.79 Å². The van der Waals surface area contributed by atoms with Crippen LogP contribution < -0.4 is 0 Å². The zero-order valence-electron chi connectivity index (χ0n) is 9.95. The third-order valence-corrected chi connectivity index (χ3v) is 6.04. The van der Waals surface area contributed by atoms with E-state index in [1.54, 1.807) is 0 Å². The molecule has 1 saturated heterocycles. The molecule has 3 aliphatic heterocycles. The summed E-state index contributed by atoms with van der Waals surface area (Å²) >= 11 is 0. The van der Waals surface area contributed by atoms with Crippen molar-refractivity contribution in [2.45, 2.75) is 29.3 Å². The molecule has 0 saturated carbocycles. The second-order valence-corrected chi connectivity index (χ2v) is 6.83. The zero-order chi connectivity index (χ0) is 12.3. The first-order chi connectivity index (χ1) is 8.74. The average molecular weight is 259 g/mol. The number of hydrogen-bond acceptors (Lipinski definition) is 2. The van der Waals surface area contributed by atoms with Crippen molar-refractivity contribution >= 4 is 16.6 Å². The maximum Gasteiger partial charge on any atom is 0.259 e. The molecular formula is C14H13NO2S. The van der Waals surface area contributed by atoms with Gasteiger partial charge in [0, 0.05) is 4.90 Å². The summed E-state index contributed by atoms with van der Waals surface area (Å²) in [7, 11) is -0.335. The van der Waals surface area contributed by atoms with Gasteiger partial charge in [0.05, 0.1) is 23.4 Å². The Kier molecular flexibility index (Phi) is 2.14. The van der Waals surface area contributed by atoms with Gasteiger partial charge in [0.1, 0.15) is 0 Å². The van der Waals surface area contributed by atoms with Crippen molar-refractivity contribution in [2.24, 2.45) is 10.3 Å². The number of rotatable bonds is 1. The van der Waals surface area contributed by atoms with Gasteiger partial charge in [0.2, 0.25) is 0 Å². The highest BCUT2D eigenvalue weighted by molar-refractivity contribution is 7.88. The summed E-state index contributed by atoms with van der Waals surface area (Å²) in [5.41, 5.74) is 1.23. The quantitative estimate of drug-likeness (QED) is 0.724. The van der Waals surface area contributed by atoms with Crippen molar-refractivity contribution in [3.63, 3.8) is 0 Å². The van der Waals surface area contributed by atoms with Gasteiger partial charge in [0.15, 0.2) is 0 Å². The number of aryl methyl sites for hydroxylation is 1. The van der Waals surface area contributed by atoms with Crippen LogP contribution in [0.4, 0.5) is 0 Å². The summed E-state index contributed by atoms with van der Waals surface area (Å²) in [5.74, 6) is -0.00889. The van der Waals surface area contributed by atoms with E-state index in [-0.39, 0.29) is 40.0 Å². The summed E-state index contributed by atoms with van der Waals surface area (Å²) in [6, 6.07) is 8.35. The van der Waals surface area contributed by atoms with E-state index in [4.69, 9.17) is 4.74 Å². The molecule has 3 nitrogen and oxygen atoms in total. The molecule has 3 heterocycles. The molecule has 18 heavy (non-hydrogen) atoms. The van der Waals surface area contributed by atoms with Crippen LogP contribution in [0, 0.1) is 12.8 Å². The Balaban J connectivity index is 1.78. The number of hydrogen-bond donors (Lipinski definition) is 0. The number of amides is 1. The first-order valence-electron chi connectivity index (χ1n) is 6.13. The molecule has 1 fully saturated rings. The molecule has 92 valence electrons. The van der Waals surface area contributed by atoms with Crippen molar-refractivity contribution in [3.8, 4) is 0 Å². The van der Waals surface area contributed by atoms with Crippen LogP contribution >= 0.6 is 0 Å². The van der Waals surface area contributed by atoms with E-state index in [0.717, 1.165) is 4.90 Å². The average Bonchev–Trinajstić information content (AvgIpc) is 3.03. The highest BCUT2D eigenvalue weighted by atomic mass is 32.2. The molecule has 1 aromatic carbocycles. The maximum absolute atomic E-state index is 12.0. The lowest BCUT2D eigenvalue weighted by Gasteiger charge is -2.18. The molecule has 4 rings (SSSR count). The van der Waals surface area contributed by atoms with Gasteiger partial charge < -0.3 is 4.74 Å². The second-order valence-electron chi connectivity index (χ2n) is 5.00. The predicted molar refractivity (Wildman–Crippen MR) is 69.3 cm³/mol. The molecule has 3 aliphatic rings. The predicted octanol–water partition coefficient (Wildman–Crippen LogP) is 2.02. The highest BCUT2D eigenvalue weighted by Crippen LogP contribution is 2.43. The minimum absolute atomic E-state index is 0.0285. The van der Waals surface area contributed by atoms with Crippen LogP contribution in [0.15, 0.2) is 45.7 Å². The molecule has 0 aromatic heterocycles. The Morgan fingerprint density at radius 2 is 1.89 bits per heavy atom. The number of nitrogens with zero attached hydrogens (tertiary/aromatic N) is 1. The SMILES string of the molecule is Cc1ccc([S@@]2=NC(=O)[C@@H]3[C@H]2[C@H]2C=C[C@@H]3O2)cc1. The van der Waals surface area contributed by atoms with Crippen molar-refractivity contribution in [1.29, 1.82) is 0 Å². The fraction of sp³-hybridized carbons (Fsp3) is 0.357. The van der Waals surface area contributed by atoms with Crippen molar-refractivity contribution in [2.75, 3.05) is 0 Å². The van der Waals surface area contributed by atoms with Gasteiger partial charge in [-0.15, -0.1) is 0 Å². The summed E-state index contributed by atoms with van der Waals surface area (Å²) in [6.45, 7) is 2.07. The molecule has 5 atom stereocenters. The molecular weight excluding hydrogens is 246 g/mol. The molecule has 0 radical (unpaired) electrons. The van der Waals surface area contributed by atoms with Gasteiger partial charge in [-0.1, -0.05) is 40.5 Å². The molecule has 2 bridgehead atoms. The summed E-state index contributed by atoms with van der Waals surface area (Å²) in [4.78, 5) is 13.2. The molecule has 1 aromatic rings. The normalized spacial score (nSPS) is 40.1. The summed E-state index contributed by atoms with van der Waals surface area (Å²) in [6.07, 6.45) is 4.16. The number of carbonyl (C=O) groups excluding carboxylic acids is 1. The lowest BCUT2D eigenvalue weighted by Crippen LogP contribution is -2.32. The smallest absolute Gasteiger partial charge is 0.259 e. The minimum atomic E-state index is -0.335. The molecule has 0 N–H and O–H groups in total. The third-order valence-electron chi connectivity index (χ3n) is 3.83. The summed E-state index contributed by atoms with van der Waals surface area (Å²) in [5, 5.41) is 0.232. The molecule has 0 spiro atoms. The van der Waals surface area contributed by atoms with Gasteiger partial charge >= 0.3 is 0 Å². The Morgan fingerprint density at radius 1 is 1.17 bits per heavy atom. The van der Waals surface area contributed by atoms with E-state index in [1.807, 2.05) is 6.08 Å². The van der Waals surface area contributed by atoms with Crippen LogP contribution in [-0.2, 0) is 20.2 Å². The van der Waals surface area contributed by atoms with Gasteiger partial charge in [-0.25, -0.2) is 0 Å². The fourth-order valence-electron chi connectivity index (χ4n) is 2.93. The topological polar surface area (TPSA) is 38.7 Å². The van der Waals surface area contributed by atoms with Gasteiger partial charge in [0.25, 0.3) is 5.91 Å². The van der Waals surface area contributed by atoms with Crippen molar-refractivity contribution in [1.82, 2.24) is 0 Å². The molecule has 0 unspecified atom stereocenters. The maximum atomic E-state index is 12.0. The Morgan fingerprint density at radius 3 is 2.67 bits per heavy atom. The largest absolute Gasteiger partial charge is 0.365 e. The van der Waals surface area contributed by atoms with Gasteiger partial charge in [-0.3, -0.25) is 4.79 Å². The Bertz CT molecular complexity index is 590. The van der Waals surface area contributed by atoms with Crippen LogP contribution in [0.25, 0.3) is 0 Å². The first kappa shape index (κ1) is 10.6. The molecule has 4 heteroatoms. The third kappa shape index (κ3) is 1.33. The lowest BCUT2D eigenvalue weighted by atomic mass is 9.93. The van der Waals surface area contributed by atoms with Crippen LogP contribution in [-0.4, -0.2) is 23.4 Å². The van der Waals surface area contributed by atoms with E-state index >= 15 is 0 Å². The van der Waals surface area contributed by atoms with Crippen LogP contribution in [0.2, 0.25) is 0 Å². The monoisotopic (exact) mass is 259 g/mol. The number of carbonyl (C=O) groups is 1. The Labute approximate surface area is 108 Å². The summed E-state index contributed by atoms with van der Waals surface area (Å²) < 4.78 is 10.2. The van der Waals surface area contributed by atoms with E-state index in [0.29, 0.717) is 0 Å². The van der Waals surface area contributed by atoms with E-state index < -0.39 is 0 Å². The fourth-order valence-corrected chi connectivity index (χ4v) is 5.16. The van der Waals surface area contributed by atoms with Gasteiger partial charge in [-0.05, 0) is 19.1 Å². The van der Waals surface area contributed by atoms with Crippen LogP contribution in [0.5, 0.6) is 0 Å². The van der Waals surface area contributed by atoms with Gasteiger partial charge in [-0.2, -0.15) is 4.36 Å². The lowest BCUT2D eigenvalue weighted by molar-refractivity contribution is -0.121. The van der Waals surface area contributed by atoms with E-state index in [1.165, 1.54) is 5.56 Å². The Hall–Kier alpha value is -1.26. The zero-order valence-corrected chi connectivity index (χ0v) is 10.8. The molecule has 1 amide bonds. The van der Waals surface area contributed by atoms with Crippen molar-refractivity contribution < 1.29 is 9.53 Å². The first-order valence-corrected chi connectivity index (χ1v) is 7.38. The molecule has 0 aliphatic carbocycles. The van der Waals surface area contributed by atoms with Crippen LogP contribution in [0.3, 0.4) is 0 Å². The van der Waals surface area contributed by atoms with Crippen LogP contribution in [0.1, 0.15) is 5.56 Å². The number of benzene rings is 1. The van der Waals surface area contributed by atoms with E-state index in [2.05, 4.69) is 41.6 Å². The standard InChI is InChI=1S/C14H13NO2S/c1-8-2-4-9(5-3-8)18-13-11-7-6-10(17-11)12(13)14(16)15-18/h2-7,10-13H,1H3/t10-,11+,12-,13+,18-/m0/s1. The number of ether oxygens (including phenoxy) is 1. The number of fused-ring (bicyclic) bond motifs is 5.